The fourth-order valence-electron chi connectivity index (χ4n) is 2.32. The largest absolute Gasteiger partial charge is 0.394 e. The molecular weight excluding hydrogens is 204 g/mol. The zero-order chi connectivity index (χ0) is 11.4. The third-order valence-corrected chi connectivity index (χ3v) is 3.32. The average Bonchev–Trinajstić information content (AvgIpc) is 2.86. The first-order chi connectivity index (χ1) is 7.79. The fraction of sp³-hybridized carbons (Fsp3) is 0.818. The number of aliphatic hydroxyl groups excluding tert-OH is 1. The van der Waals surface area contributed by atoms with Crippen molar-refractivity contribution in [2.75, 3.05) is 6.61 Å². The molecular formula is C11H20N4O. The Bertz CT molecular complexity index is 326. The monoisotopic (exact) mass is 224 g/mol. The Balaban J connectivity index is 1.80. The van der Waals surface area contributed by atoms with Gasteiger partial charge in [0.2, 0.25) is 0 Å². The van der Waals surface area contributed by atoms with Gasteiger partial charge in [-0.2, -0.15) is 0 Å². The molecule has 2 rings (SSSR count). The minimum absolute atomic E-state index is 0.107. The van der Waals surface area contributed by atoms with E-state index in [0.717, 1.165) is 18.2 Å². The summed E-state index contributed by atoms with van der Waals surface area (Å²) >= 11 is 0. The molecule has 0 amide bonds. The van der Waals surface area contributed by atoms with Gasteiger partial charge in [-0.1, -0.05) is 18.6 Å². The predicted molar refractivity (Wildman–Crippen MR) is 60.8 cm³/mol. The van der Waals surface area contributed by atoms with Crippen LogP contribution in [0.15, 0.2) is 6.20 Å². The lowest BCUT2D eigenvalue weighted by atomic mass is 10.1. The second kappa shape index (κ2) is 5.41. The highest BCUT2D eigenvalue weighted by Crippen LogP contribution is 2.24. The van der Waals surface area contributed by atoms with E-state index in [9.17, 15) is 0 Å². The van der Waals surface area contributed by atoms with E-state index in [1.807, 2.05) is 6.20 Å². The number of aromatic nitrogens is 3. The Labute approximate surface area is 95.8 Å². The molecule has 0 radical (unpaired) electrons. The van der Waals surface area contributed by atoms with Crippen molar-refractivity contribution in [3.63, 3.8) is 0 Å². The van der Waals surface area contributed by atoms with Gasteiger partial charge in [0.05, 0.1) is 18.8 Å². The van der Waals surface area contributed by atoms with E-state index >= 15 is 0 Å². The normalized spacial score (nSPS) is 25.1. The lowest BCUT2D eigenvalue weighted by Crippen LogP contribution is -2.30. The van der Waals surface area contributed by atoms with Crippen molar-refractivity contribution in [1.29, 1.82) is 0 Å². The average molecular weight is 224 g/mol. The number of nitrogens with zero attached hydrogens (tertiary/aromatic N) is 3. The van der Waals surface area contributed by atoms with E-state index < -0.39 is 0 Å². The molecule has 0 spiro atoms. The summed E-state index contributed by atoms with van der Waals surface area (Å²) in [7, 11) is 0. The smallest absolute Gasteiger partial charge is 0.0964 e. The molecule has 0 bridgehead atoms. The van der Waals surface area contributed by atoms with Crippen LogP contribution in [0.25, 0.3) is 0 Å². The van der Waals surface area contributed by atoms with Crippen molar-refractivity contribution in [3.8, 4) is 0 Å². The summed E-state index contributed by atoms with van der Waals surface area (Å²) < 4.78 is 1.68. The molecule has 1 aromatic rings. The van der Waals surface area contributed by atoms with E-state index in [1.165, 1.54) is 19.3 Å². The zero-order valence-electron chi connectivity index (χ0n) is 9.76. The molecule has 1 aromatic heterocycles. The molecule has 90 valence electrons. The van der Waals surface area contributed by atoms with Gasteiger partial charge in [-0.3, -0.25) is 0 Å². The SMILES string of the molecule is CC1CCCC1NCc1cn(CCO)nn1. The first kappa shape index (κ1) is 11.5. The molecule has 1 saturated carbocycles. The summed E-state index contributed by atoms with van der Waals surface area (Å²) in [5, 5.41) is 20.3. The first-order valence-electron chi connectivity index (χ1n) is 6.03. The maximum absolute atomic E-state index is 8.76. The van der Waals surface area contributed by atoms with Crippen LogP contribution in [0.1, 0.15) is 31.9 Å². The fourth-order valence-corrected chi connectivity index (χ4v) is 2.32. The minimum Gasteiger partial charge on any atom is -0.394 e. The minimum atomic E-state index is 0.107. The Morgan fingerprint density at radius 2 is 2.44 bits per heavy atom. The summed E-state index contributed by atoms with van der Waals surface area (Å²) in [6.45, 7) is 3.70. The van der Waals surface area contributed by atoms with Gasteiger partial charge in [0.25, 0.3) is 0 Å². The van der Waals surface area contributed by atoms with Gasteiger partial charge in [0.15, 0.2) is 0 Å². The molecule has 1 aliphatic rings. The van der Waals surface area contributed by atoms with Gasteiger partial charge in [-0.15, -0.1) is 5.10 Å². The molecule has 1 fully saturated rings. The second-order valence-corrected chi connectivity index (χ2v) is 4.59. The maximum atomic E-state index is 8.76. The Morgan fingerprint density at radius 3 is 3.12 bits per heavy atom. The highest BCUT2D eigenvalue weighted by molar-refractivity contribution is 4.93. The van der Waals surface area contributed by atoms with Crippen LogP contribution >= 0.6 is 0 Å². The highest BCUT2D eigenvalue weighted by Gasteiger charge is 2.22. The van der Waals surface area contributed by atoms with Gasteiger partial charge in [0.1, 0.15) is 0 Å². The topological polar surface area (TPSA) is 63.0 Å². The number of hydrogen-bond donors (Lipinski definition) is 2. The molecule has 2 atom stereocenters. The van der Waals surface area contributed by atoms with Crippen LogP contribution in [-0.2, 0) is 13.1 Å². The molecule has 1 aliphatic carbocycles. The van der Waals surface area contributed by atoms with E-state index in [4.69, 9.17) is 5.11 Å². The van der Waals surface area contributed by atoms with Crippen LogP contribution < -0.4 is 5.32 Å². The quantitative estimate of drug-likeness (QED) is 0.766. The number of hydrogen-bond acceptors (Lipinski definition) is 4. The van der Waals surface area contributed by atoms with E-state index in [-0.39, 0.29) is 6.61 Å². The molecule has 2 unspecified atom stereocenters. The summed E-state index contributed by atoms with van der Waals surface area (Å²) in [6, 6.07) is 0.628. The molecule has 5 heteroatoms. The van der Waals surface area contributed by atoms with Gasteiger partial charge >= 0.3 is 0 Å². The lowest BCUT2D eigenvalue weighted by molar-refractivity contribution is 0.268. The molecule has 0 aromatic carbocycles. The van der Waals surface area contributed by atoms with Gasteiger partial charge < -0.3 is 10.4 Å². The number of nitrogens with one attached hydrogen (secondary N) is 1. The van der Waals surface area contributed by atoms with Crippen molar-refractivity contribution in [1.82, 2.24) is 20.3 Å². The summed E-state index contributed by atoms with van der Waals surface area (Å²) in [4.78, 5) is 0. The van der Waals surface area contributed by atoms with E-state index in [2.05, 4.69) is 22.6 Å². The standard InChI is InChI=1S/C11H20N4O/c1-9-3-2-4-11(9)12-7-10-8-15(5-6-16)14-13-10/h8-9,11-12,16H,2-7H2,1H3. The van der Waals surface area contributed by atoms with Gasteiger partial charge in [-0.05, 0) is 18.8 Å². The van der Waals surface area contributed by atoms with Gasteiger partial charge in [-0.25, -0.2) is 4.68 Å². The number of aliphatic hydroxyl groups is 1. The van der Waals surface area contributed by atoms with Crippen LogP contribution in [0.4, 0.5) is 0 Å². The second-order valence-electron chi connectivity index (χ2n) is 4.59. The van der Waals surface area contributed by atoms with Gasteiger partial charge in [0, 0.05) is 18.8 Å². The Kier molecular flexibility index (Phi) is 3.90. The van der Waals surface area contributed by atoms with Crippen molar-refractivity contribution in [2.45, 2.75) is 45.3 Å². The molecule has 1 heterocycles. The molecule has 2 N–H and O–H groups in total. The third kappa shape index (κ3) is 2.80. The molecule has 0 saturated heterocycles. The maximum Gasteiger partial charge on any atom is 0.0964 e. The first-order valence-corrected chi connectivity index (χ1v) is 6.03. The number of rotatable bonds is 5. The van der Waals surface area contributed by atoms with Crippen LogP contribution in [0.2, 0.25) is 0 Å². The van der Waals surface area contributed by atoms with Crippen molar-refractivity contribution < 1.29 is 5.11 Å². The summed E-state index contributed by atoms with van der Waals surface area (Å²) in [5.41, 5.74) is 0.951. The van der Waals surface area contributed by atoms with Crippen molar-refractivity contribution in [3.05, 3.63) is 11.9 Å². The molecule has 0 aliphatic heterocycles. The Hall–Kier alpha value is -0.940. The molecule has 16 heavy (non-hydrogen) atoms. The Morgan fingerprint density at radius 1 is 1.56 bits per heavy atom. The van der Waals surface area contributed by atoms with E-state index in [1.54, 1.807) is 4.68 Å². The third-order valence-electron chi connectivity index (χ3n) is 3.32. The van der Waals surface area contributed by atoms with Crippen LogP contribution in [0, 0.1) is 5.92 Å². The lowest BCUT2D eigenvalue weighted by Gasteiger charge is -2.15. The van der Waals surface area contributed by atoms with Crippen LogP contribution in [0.5, 0.6) is 0 Å². The highest BCUT2D eigenvalue weighted by atomic mass is 16.3. The zero-order valence-corrected chi connectivity index (χ0v) is 9.76. The van der Waals surface area contributed by atoms with Crippen molar-refractivity contribution >= 4 is 0 Å². The summed E-state index contributed by atoms with van der Waals surface area (Å²) in [5.74, 6) is 0.771. The predicted octanol–water partition coefficient (Wildman–Crippen LogP) is 0.549. The van der Waals surface area contributed by atoms with E-state index in [0.29, 0.717) is 12.6 Å². The molecule has 5 nitrogen and oxygen atoms in total. The van der Waals surface area contributed by atoms with Crippen molar-refractivity contribution in [2.24, 2.45) is 5.92 Å². The van der Waals surface area contributed by atoms with Crippen LogP contribution in [-0.4, -0.2) is 32.7 Å². The van der Waals surface area contributed by atoms with Crippen LogP contribution in [0.3, 0.4) is 0 Å². The summed E-state index contributed by atoms with van der Waals surface area (Å²) in [6.07, 6.45) is 5.82.